The first-order valence-corrected chi connectivity index (χ1v) is 20.1. The SMILES string of the molecule is CP(I)(c1ccccc1)(c1ccccc1)c1cccc(-c2c3ccc4ccccc4c3nc3c2ccc2ccccc23)c1. The predicted molar refractivity (Wildman–Crippen MR) is 198 cm³/mol. The average molecular weight is 682 g/mol. The van der Waals surface area contributed by atoms with Crippen molar-refractivity contribution < 1.29 is 0 Å². The second-order valence-corrected chi connectivity index (χ2v) is 23.1. The van der Waals surface area contributed by atoms with Gasteiger partial charge >= 0.3 is 266 Å². The van der Waals surface area contributed by atoms with Gasteiger partial charge in [0, 0.05) is 0 Å². The molecule has 8 aromatic rings. The quantitative estimate of drug-likeness (QED) is 0.0780. The molecule has 8 rings (SSSR count). The van der Waals surface area contributed by atoms with Crippen molar-refractivity contribution in [3.8, 4) is 11.1 Å². The van der Waals surface area contributed by atoms with Gasteiger partial charge in [0.2, 0.25) is 0 Å². The first-order valence-electron chi connectivity index (χ1n) is 14.6. The summed E-state index contributed by atoms with van der Waals surface area (Å²) in [6.45, 7) is 2.49. The Morgan fingerprint density at radius 2 is 0.907 bits per heavy atom. The van der Waals surface area contributed by atoms with E-state index < -0.39 is 4.25 Å². The predicted octanol–water partition coefficient (Wildman–Crippen LogP) is 10.2. The second kappa shape index (κ2) is 9.98. The summed E-state index contributed by atoms with van der Waals surface area (Å²) >= 11 is 2.82. The summed E-state index contributed by atoms with van der Waals surface area (Å²) in [5.74, 6) is 0. The first-order chi connectivity index (χ1) is 21.0. The minimum atomic E-state index is -2.83. The molecule has 0 aliphatic rings. The monoisotopic (exact) mass is 681 g/mol. The second-order valence-electron chi connectivity index (χ2n) is 11.5. The van der Waals surface area contributed by atoms with Gasteiger partial charge in [-0.2, -0.15) is 0 Å². The Balaban J connectivity index is 1.50. The van der Waals surface area contributed by atoms with Crippen molar-refractivity contribution in [1.29, 1.82) is 0 Å². The molecule has 0 saturated heterocycles. The molecule has 7 aromatic carbocycles. The summed E-state index contributed by atoms with van der Waals surface area (Å²) in [6, 6.07) is 57.7. The molecule has 0 bridgehead atoms. The Labute approximate surface area is 264 Å². The molecule has 0 spiro atoms. The Hall–Kier alpha value is -4.11. The van der Waals surface area contributed by atoms with Crippen molar-refractivity contribution in [2.24, 2.45) is 0 Å². The van der Waals surface area contributed by atoms with Gasteiger partial charge in [0.15, 0.2) is 0 Å². The van der Waals surface area contributed by atoms with E-state index in [1.165, 1.54) is 59.4 Å². The van der Waals surface area contributed by atoms with E-state index in [-0.39, 0.29) is 0 Å². The molecule has 1 nitrogen and oxygen atoms in total. The van der Waals surface area contributed by atoms with E-state index in [2.05, 4.69) is 186 Å². The van der Waals surface area contributed by atoms with Gasteiger partial charge in [-0.25, -0.2) is 0 Å². The summed E-state index contributed by atoms with van der Waals surface area (Å²) in [6.07, 6.45) is 0. The van der Waals surface area contributed by atoms with Crippen LogP contribution >= 0.6 is 26.3 Å². The molecule has 3 heteroatoms. The maximum atomic E-state index is 5.41. The standard InChI is InChI=1S/C40H29INP/c1-43(41,31-16-4-2-5-17-31,32-18-6-3-7-19-32)33-20-12-15-30(27-33)38-36-25-23-28-13-8-10-21-34(28)39(36)42-40-35-22-11-9-14-29(35)24-26-37(38)40/h2-27H,1H3. The number of fused-ring (bicyclic) bond motifs is 6. The molecule has 0 aliphatic heterocycles. The molecular formula is C40H29INP. The maximum absolute atomic E-state index is 5.41. The van der Waals surface area contributed by atoms with Crippen molar-refractivity contribution in [2.45, 2.75) is 0 Å². The molecule has 0 radical (unpaired) electrons. The number of nitrogens with zero attached hydrogens (tertiary/aromatic N) is 1. The number of rotatable bonds is 4. The van der Waals surface area contributed by atoms with Gasteiger partial charge < -0.3 is 0 Å². The van der Waals surface area contributed by atoms with Gasteiger partial charge in [-0.05, 0) is 0 Å². The van der Waals surface area contributed by atoms with E-state index in [4.69, 9.17) is 4.98 Å². The van der Waals surface area contributed by atoms with Gasteiger partial charge in [-0.3, -0.25) is 0 Å². The molecule has 0 saturated carbocycles. The van der Waals surface area contributed by atoms with Crippen molar-refractivity contribution >= 4 is 85.6 Å². The zero-order valence-electron chi connectivity index (χ0n) is 23.8. The fraction of sp³-hybridized carbons (Fsp3) is 0.0250. The van der Waals surface area contributed by atoms with Gasteiger partial charge in [-0.1, -0.05) is 0 Å². The number of hydrogen-bond acceptors (Lipinski definition) is 1. The summed E-state index contributed by atoms with van der Waals surface area (Å²) in [5.41, 5.74) is 4.57. The Morgan fingerprint density at radius 3 is 1.44 bits per heavy atom. The fourth-order valence-electron chi connectivity index (χ4n) is 6.73. The molecule has 43 heavy (non-hydrogen) atoms. The number of aromatic nitrogens is 1. The Morgan fingerprint density at radius 1 is 0.442 bits per heavy atom. The van der Waals surface area contributed by atoms with Crippen LogP contribution in [0.3, 0.4) is 0 Å². The van der Waals surface area contributed by atoms with Crippen LogP contribution in [-0.2, 0) is 0 Å². The van der Waals surface area contributed by atoms with Crippen LogP contribution in [0.5, 0.6) is 0 Å². The van der Waals surface area contributed by atoms with Crippen LogP contribution in [0.1, 0.15) is 0 Å². The molecule has 1 heterocycles. The van der Waals surface area contributed by atoms with E-state index >= 15 is 0 Å². The third kappa shape index (κ3) is 4.04. The normalized spacial score (nSPS) is 12.9. The van der Waals surface area contributed by atoms with E-state index in [0.29, 0.717) is 0 Å². The van der Waals surface area contributed by atoms with Gasteiger partial charge in [0.05, 0.1) is 0 Å². The average Bonchev–Trinajstić information content (AvgIpc) is 3.08. The van der Waals surface area contributed by atoms with Crippen LogP contribution in [0, 0.1) is 0 Å². The van der Waals surface area contributed by atoms with Gasteiger partial charge in [-0.15, -0.1) is 0 Å². The topological polar surface area (TPSA) is 12.9 Å². The summed E-state index contributed by atoms with van der Waals surface area (Å²) in [4.78, 5) is 5.41. The third-order valence-electron chi connectivity index (χ3n) is 9.05. The molecule has 1 aromatic heterocycles. The van der Waals surface area contributed by atoms with Gasteiger partial charge in [0.25, 0.3) is 0 Å². The molecular weight excluding hydrogens is 652 g/mol. The van der Waals surface area contributed by atoms with Crippen LogP contribution in [0.4, 0.5) is 0 Å². The summed E-state index contributed by atoms with van der Waals surface area (Å²) in [5, 5.41) is 11.3. The van der Waals surface area contributed by atoms with Crippen LogP contribution in [0.15, 0.2) is 158 Å². The van der Waals surface area contributed by atoms with Crippen LogP contribution in [0.2, 0.25) is 0 Å². The number of halogens is 1. The summed E-state index contributed by atoms with van der Waals surface area (Å²) < 4.78 is -2.83. The van der Waals surface area contributed by atoms with Crippen molar-refractivity contribution in [2.75, 3.05) is 6.66 Å². The van der Waals surface area contributed by atoms with Gasteiger partial charge in [0.1, 0.15) is 0 Å². The van der Waals surface area contributed by atoms with Crippen molar-refractivity contribution in [1.82, 2.24) is 4.98 Å². The molecule has 0 fully saturated rings. The number of benzene rings is 7. The molecule has 206 valence electrons. The van der Waals surface area contributed by atoms with Crippen LogP contribution in [-0.4, -0.2) is 11.6 Å². The number of hydrogen-bond donors (Lipinski definition) is 0. The molecule has 0 amide bonds. The number of pyridine rings is 1. The van der Waals surface area contributed by atoms with Crippen molar-refractivity contribution in [3.63, 3.8) is 0 Å². The Bertz CT molecular complexity index is 2190. The van der Waals surface area contributed by atoms with E-state index in [9.17, 15) is 0 Å². The van der Waals surface area contributed by atoms with E-state index in [0.717, 1.165) is 11.0 Å². The first kappa shape index (κ1) is 26.5. The van der Waals surface area contributed by atoms with Crippen LogP contribution < -0.4 is 15.9 Å². The Kier molecular flexibility index (Phi) is 6.15. The summed E-state index contributed by atoms with van der Waals surface area (Å²) in [7, 11) is 0. The third-order valence-corrected chi connectivity index (χ3v) is 18.6. The van der Waals surface area contributed by atoms with Crippen LogP contribution in [0.25, 0.3) is 54.5 Å². The molecule has 0 aliphatic carbocycles. The van der Waals surface area contributed by atoms with E-state index in [1.807, 2.05) is 0 Å². The fourth-order valence-corrected chi connectivity index (χ4v) is 13.1. The zero-order valence-corrected chi connectivity index (χ0v) is 26.8. The zero-order chi connectivity index (χ0) is 29.0. The molecule has 0 atom stereocenters. The minimum absolute atomic E-state index is 1.05. The molecule has 0 unspecified atom stereocenters. The van der Waals surface area contributed by atoms with Crippen molar-refractivity contribution in [3.05, 3.63) is 158 Å². The van der Waals surface area contributed by atoms with E-state index in [1.54, 1.807) is 0 Å². The molecule has 0 N–H and O–H groups in total.